The fourth-order valence-corrected chi connectivity index (χ4v) is 3.63. The minimum atomic E-state index is -0.814. The third-order valence-corrected chi connectivity index (χ3v) is 5.03. The van der Waals surface area contributed by atoms with E-state index in [0.717, 1.165) is 0 Å². The molecule has 0 spiro atoms. The molecule has 1 amide bonds. The maximum atomic E-state index is 12.7. The normalized spacial score (nSPS) is 17.8. The van der Waals surface area contributed by atoms with Gasteiger partial charge in [-0.1, -0.05) is 18.2 Å². The quantitative estimate of drug-likeness (QED) is 0.488. The van der Waals surface area contributed by atoms with Gasteiger partial charge in [0.1, 0.15) is 18.0 Å². The van der Waals surface area contributed by atoms with Crippen molar-refractivity contribution in [2.24, 2.45) is 0 Å². The van der Waals surface area contributed by atoms with Crippen molar-refractivity contribution < 1.29 is 9.53 Å². The molecule has 0 radical (unpaired) electrons. The maximum Gasteiger partial charge on any atom is 0.332 e. The number of anilines is 1. The first-order valence-electron chi connectivity index (χ1n) is 9.51. The number of imidazole rings is 1. The number of amides is 1. The van der Waals surface area contributed by atoms with Crippen LogP contribution in [0.1, 0.15) is 17.3 Å². The van der Waals surface area contributed by atoms with Gasteiger partial charge in [-0.15, -0.1) is 0 Å². The molecule has 4 aromatic rings. The maximum absolute atomic E-state index is 12.7. The topological polar surface area (TPSA) is 101 Å². The average molecular weight is 401 g/mol. The summed E-state index contributed by atoms with van der Waals surface area (Å²) < 4.78 is 7.38. The van der Waals surface area contributed by atoms with E-state index < -0.39 is 5.66 Å². The highest BCUT2D eigenvalue weighted by Gasteiger charge is 2.34. The predicted molar refractivity (Wildman–Crippen MR) is 113 cm³/mol. The number of para-hydroxylation sites is 1. The Kier molecular flexibility index (Phi) is 4.06. The van der Waals surface area contributed by atoms with Crippen molar-refractivity contribution in [1.29, 1.82) is 0 Å². The summed E-state index contributed by atoms with van der Waals surface area (Å²) in [7, 11) is 0. The van der Waals surface area contributed by atoms with Crippen molar-refractivity contribution >= 4 is 22.8 Å². The van der Waals surface area contributed by atoms with Crippen LogP contribution in [0.25, 0.3) is 16.9 Å². The molecule has 8 nitrogen and oxygen atoms in total. The Hall–Kier alpha value is -4.07. The molecule has 150 valence electrons. The van der Waals surface area contributed by atoms with Gasteiger partial charge in [0.25, 0.3) is 5.91 Å². The molecule has 3 N–H and O–H groups in total. The molecule has 1 aliphatic rings. The van der Waals surface area contributed by atoms with E-state index in [2.05, 4.69) is 20.6 Å². The number of benzene rings is 2. The molecule has 2 aromatic heterocycles. The number of rotatable bonds is 4. The predicted octanol–water partition coefficient (Wildman–Crippen LogP) is 2.66. The van der Waals surface area contributed by atoms with Crippen molar-refractivity contribution in [2.75, 3.05) is 11.9 Å². The first-order valence-corrected chi connectivity index (χ1v) is 9.51. The third-order valence-electron chi connectivity index (χ3n) is 5.03. The molecule has 0 bridgehead atoms. The van der Waals surface area contributed by atoms with E-state index in [1.165, 1.54) is 4.57 Å². The SMILES string of the molecule is CC1(COc2ccccc2)NC(=O)c2ccc(-n3c(=O)[nH]c4ncccc43)cc2N1. The minimum Gasteiger partial charge on any atom is -0.489 e. The Morgan fingerprint density at radius 3 is 2.70 bits per heavy atom. The molecule has 3 heterocycles. The zero-order valence-electron chi connectivity index (χ0n) is 16.2. The van der Waals surface area contributed by atoms with Gasteiger partial charge in [0, 0.05) is 6.20 Å². The molecule has 5 rings (SSSR count). The highest BCUT2D eigenvalue weighted by molar-refractivity contribution is 6.02. The summed E-state index contributed by atoms with van der Waals surface area (Å²) in [5.74, 6) is 0.509. The van der Waals surface area contributed by atoms with E-state index in [9.17, 15) is 9.59 Å². The molecule has 30 heavy (non-hydrogen) atoms. The van der Waals surface area contributed by atoms with Crippen LogP contribution in [0.15, 0.2) is 71.7 Å². The molecule has 0 saturated carbocycles. The van der Waals surface area contributed by atoms with Crippen molar-refractivity contribution in [2.45, 2.75) is 12.6 Å². The zero-order valence-corrected chi connectivity index (χ0v) is 16.2. The Labute approximate surface area is 171 Å². The summed E-state index contributed by atoms with van der Waals surface area (Å²) in [6.07, 6.45) is 1.62. The number of hydrogen-bond donors (Lipinski definition) is 3. The van der Waals surface area contributed by atoms with E-state index in [1.54, 1.807) is 30.5 Å². The van der Waals surface area contributed by atoms with Gasteiger partial charge < -0.3 is 15.4 Å². The minimum absolute atomic E-state index is 0.206. The molecular formula is C22H19N5O3. The lowest BCUT2D eigenvalue weighted by molar-refractivity contribution is 0.0874. The summed E-state index contributed by atoms with van der Waals surface area (Å²) in [6.45, 7) is 2.08. The second-order valence-corrected chi connectivity index (χ2v) is 7.38. The van der Waals surface area contributed by atoms with Crippen LogP contribution < -0.4 is 21.1 Å². The van der Waals surface area contributed by atoms with Crippen molar-refractivity contribution in [3.8, 4) is 11.4 Å². The monoisotopic (exact) mass is 401 g/mol. The Bertz CT molecular complexity index is 1310. The highest BCUT2D eigenvalue weighted by atomic mass is 16.5. The number of fused-ring (bicyclic) bond motifs is 2. The molecule has 0 aliphatic carbocycles. The van der Waals surface area contributed by atoms with Crippen LogP contribution in [-0.4, -0.2) is 32.7 Å². The third kappa shape index (κ3) is 3.08. The number of aromatic amines is 1. The molecule has 1 aliphatic heterocycles. The number of aromatic nitrogens is 3. The van der Waals surface area contributed by atoms with Crippen molar-refractivity contribution in [1.82, 2.24) is 19.9 Å². The van der Waals surface area contributed by atoms with Crippen LogP contribution in [0, 0.1) is 0 Å². The molecular weight excluding hydrogens is 382 g/mol. The molecule has 0 fully saturated rings. The van der Waals surface area contributed by atoms with Gasteiger partial charge in [-0.2, -0.15) is 0 Å². The van der Waals surface area contributed by atoms with Crippen LogP contribution in [0.4, 0.5) is 5.69 Å². The Balaban J connectivity index is 1.49. The molecule has 0 saturated heterocycles. The van der Waals surface area contributed by atoms with Gasteiger partial charge in [0.15, 0.2) is 5.65 Å². The fraction of sp³-hybridized carbons (Fsp3) is 0.136. The van der Waals surface area contributed by atoms with E-state index >= 15 is 0 Å². The highest BCUT2D eigenvalue weighted by Crippen LogP contribution is 2.28. The first kappa shape index (κ1) is 18.0. The second kappa shape index (κ2) is 6.77. The van der Waals surface area contributed by atoms with Crippen LogP contribution in [0.3, 0.4) is 0 Å². The van der Waals surface area contributed by atoms with Gasteiger partial charge in [-0.05, 0) is 49.4 Å². The van der Waals surface area contributed by atoms with Gasteiger partial charge in [-0.3, -0.25) is 14.3 Å². The van der Waals surface area contributed by atoms with Crippen LogP contribution in [0.5, 0.6) is 5.75 Å². The summed E-state index contributed by atoms with van der Waals surface area (Å²) in [5, 5.41) is 6.30. The number of nitrogens with zero attached hydrogens (tertiary/aromatic N) is 2. The summed E-state index contributed by atoms with van der Waals surface area (Å²) in [4.78, 5) is 32.1. The lowest BCUT2D eigenvalue weighted by Crippen LogP contribution is -2.59. The average Bonchev–Trinajstić information content (AvgIpc) is 3.08. The number of carbonyl (C=O) groups excluding carboxylic acids is 1. The van der Waals surface area contributed by atoms with E-state index in [4.69, 9.17) is 4.74 Å². The lowest BCUT2D eigenvalue weighted by Gasteiger charge is -2.37. The largest absolute Gasteiger partial charge is 0.489 e. The van der Waals surface area contributed by atoms with Gasteiger partial charge >= 0.3 is 5.69 Å². The van der Waals surface area contributed by atoms with Crippen molar-refractivity contribution in [3.05, 3.63) is 82.9 Å². The van der Waals surface area contributed by atoms with E-state index in [0.29, 0.717) is 33.9 Å². The van der Waals surface area contributed by atoms with E-state index in [-0.39, 0.29) is 18.2 Å². The van der Waals surface area contributed by atoms with Gasteiger partial charge in [-0.25, -0.2) is 9.78 Å². The summed E-state index contributed by atoms with van der Waals surface area (Å²) in [6, 6.07) is 18.2. The standard InChI is InChI=1S/C22H19N5O3/c1-22(13-30-15-6-3-2-4-7-15)25-17-12-14(9-10-16(17)20(28)26-22)27-18-8-5-11-23-19(18)24-21(27)29/h2-12,25H,13H2,1H3,(H,26,28)(H,23,24,29). The second-order valence-electron chi connectivity index (χ2n) is 7.38. The number of nitrogens with one attached hydrogen (secondary N) is 3. The van der Waals surface area contributed by atoms with Gasteiger partial charge in [0.05, 0.1) is 22.5 Å². The number of hydrogen-bond acceptors (Lipinski definition) is 5. The Morgan fingerprint density at radius 2 is 1.87 bits per heavy atom. The fourth-order valence-electron chi connectivity index (χ4n) is 3.63. The number of carbonyl (C=O) groups is 1. The lowest BCUT2D eigenvalue weighted by atomic mass is 10.0. The molecule has 1 atom stereocenters. The number of H-pyrrole nitrogens is 1. The zero-order chi connectivity index (χ0) is 20.7. The molecule has 2 aromatic carbocycles. The van der Waals surface area contributed by atoms with E-state index in [1.807, 2.05) is 43.3 Å². The number of ether oxygens (including phenoxy) is 1. The molecule has 1 unspecified atom stereocenters. The van der Waals surface area contributed by atoms with Crippen LogP contribution in [-0.2, 0) is 0 Å². The van der Waals surface area contributed by atoms with Gasteiger partial charge in [0.2, 0.25) is 0 Å². The Morgan fingerprint density at radius 1 is 1.03 bits per heavy atom. The van der Waals surface area contributed by atoms with Crippen LogP contribution >= 0.6 is 0 Å². The first-order chi connectivity index (χ1) is 14.5. The van der Waals surface area contributed by atoms with Crippen LogP contribution in [0.2, 0.25) is 0 Å². The summed E-state index contributed by atoms with van der Waals surface area (Å²) in [5.41, 5.74) is 1.82. The molecule has 8 heteroatoms. The number of pyridine rings is 1. The summed E-state index contributed by atoms with van der Waals surface area (Å²) >= 11 is 0. The van der Waals surface area contributed by atoms with Crippen molar-refractivity contribution in [3.63, 3.8) is 0 Å². The smallest absolute Gasteiger partial charge is 0.332 e.